The number of nitrogens with zero attached hydrogens (tertiary/aromatic N) is 2. The Bertz CT molecular complexity index is 980. The SMILES string of the molecule is COc1cccc(CN2CCC[C@@H](c3cc(C(=O)NC45CC6CC(CC(C6)C4)C5)on3)C2)c1. The summed E-state index contributed by atoms with van der Waals surface area (Å²) >= 11 is 0. The van der Waals surface area contributed by atoms with Gasteiger partial charge in [-0.15, -0.1) is 0 Å². The van der Waals surface area contributed by atoms with Gasteiger partial charge in [0.25, 0.3) is 5.91 Å². The van der Waals surface area contributed by atoms with Crippen LogP contribution in [0.3, 0.4) is 0 Å². The van der Waals surface area contributed by atoms with E-state index in [-0.39, 0.29) is 11.4 Å². The lowest BCUT2D eigenvalue weighted by molar-refractivity contribution is -0.0172. The molecule has 1 saturated heterocycles. The van der Waals surface area contributed by atoms with E-state index in [1.54, 1.807) is 7.11 Å². The fourth-order valence-corrected chi connectivity index (χ4v) is 7.62. The highest BCUT2D eigenvalue weighted by molar-refractivity contribution is 5.92. The second-order valence-corrected chi connectivity index (χ2v) is 11.2. The first-order chi connectivity index (χ1) is 16.1. The van der Waals surface area contributed by atoms with Gasteiger partial charge in [-0.3, -0.25) is 9.69 Å². The van der Waals surface area contributed by atoms with Crippen molar-refractivity contribution in [3.8, 4) is 5.75 Å². The number of likely N-dealkylation sites (tertiary alicyclic amines) is 1. The number of hydrogen-bond donors (Lipinski definition) is 1. The third kappa shape index (κ3) is 4.30. The molecule has 4 aliphatic carbocycles. The third-order valence-corrected chi connectivity index (χ3v) is 8.63. The van der Waals surface area contributed by atoms with Crippen LogP contribution in [-0.2, 0) is 6.54 Å². The Balaban J connectivity index is 1.10. The van der Waals surface area contributed by atoms with Crippen molar-refractivity contribution in [1.82, 2.24) is 15.4 Å². The standard InChI is InChI=1S/C27H35N3O3/c1-32-23-6-2-4-18(11-23)16-30-7-3-5-22(17-30)24-12-25(33-29-24)26(31)28-27-13-19-8-20(14-27)10-21(9-19)15-27/h2,4,6,11-12,19-22H,3,5,7-10,13-17H2,1H3,(H,28,31)/t19?,20?,21?,22-,27?/m1/s1. The quantitative estimate of drug-likeness (QED) is 0.689. The van der Waals surface area contributed by atoms with Gasteiger partial charge in [0.15, 0.2) is 0 Å². The first kappa shape index (κ1) is 21.2. The number of ether oxygens (including phenoxy) is 1. The van der Waals surface area contributed by atoms with Crippen molar-refractivity contribution in [2.75, 3.05) is 20.2 Å². The summed E-state index contributed by atoms with van der Waals surface area (Å²) in [6.07, 6.45) is 9.75. The van der Waals surface area contributed by atoms with Gasteiger partial charge in [0, 0.05) is 30.6 Å². The lowest BCUT2D eigenvalue weighted by atomic mass is 9.53. The first-order valence-corrected chi connectivity index (χ1v) is 12.7. The van der Waals surface area contributed by atoms with Gasteiger partial charge in [0.05, 0.1) is 12.8 Å². The molecule has 1 N–H and O–H groups in total. The molecular weight excluding hydrogens is 414 g/mol. The van der Waals surface area contributed by atoms with Gasteiger partial charge >= 0.3 is 0 Å². The Kier molecular flexibility index (Phi) is 5.44. The van der Waals surface area contributed by atoms with Crippen molar-refractivity contribution in [2.24, 2.45) is 17.8 Å². The number of aromatic nitrogens is 1. The molecule has 1 aromatic carbocycles. The van der Waals surface area contributed by atoms with E-state index in [0.29, 0.717) is 11.7 Å². The molecule has 0 radical (unpaired) electrons. The van der Waals surface area contributed by atoms with Gasteiger partial charge < -0.3 is 14.6 Å². The summed E-state index contributed by atoms with van der Waals surface area (Å²) in [5, 5.41) is 7.76. The minimum Gasteiger partial charge on any atom is -0.497 e. The molecule has 6 nitrogen and oxygen atoms in total. The lowest BCUT2D eigenvalue weighted by Crippen LogP contribution is -2.59. The number of amides is 1. The molecule has 0 spiro atoms. The van der Waals surface area contributed by atoms with Crippen molar-refractivity contribution in [1.29, 1.82) is 0 Å². The van der Waals surface area contributed by atoms with Crippen LogP contribution in [0.25, 0.3) is 0 Å². The third-order valence-electron chi connectivity index (χ3n) is 8.63. The maximum absolute atomic E-state index is 13.1. The predicted molar refractivity (Wildman–Crippen MR) is 125 cm³/mol. The zero-order chi connectivity index (χ0) is 22.4. The molecule has 0 unspecified atom stereocenters. The average molecular weight is 450 g/mol. The van der Waals surface area contributed by atoms with Crippen LogP contribution in [-0.4, -0.2) is 41.7 Å². The van der Waals surface area contributed by atoms with E-state index >= 15 is 0 Å². The van der Waals surface area contributed by atoms with Crippen LogP contribution in [0, 0.1) is 17.8 Å². The fraction of sp³-hybridized carbons (Fsp3) is 0.630. The molecule has 7 rings (SSSR count). The molecule has 1 aliphatic heterocycles. The van der Waals surface area contributed by atoms with Gasteiger partial charge in [-0.25, -0.2) is 0 Å². The van der Waals surface area contributed by atoms with E-state index < -0.39 is 0 Å². The highest BCUT2D eigenvalue weighted by Crippen LogP contribution is 2.55. The Labute approximate surface area is 196 Å². The smallest absolute Gasteiger partial charge is 0.290 e. The molecular formula is C27H35N3O3. The maximum atomic E-state index is 13.1. The van der Waals surface area contributed by atoms with Crippen LogP contribution < -0.4 is 10.1 Å². The summed E-state index contributed by atoms with van der Waals surface area (Å²) < 4.78 is 10.9. The van der Waals surface area contributed by atoms with E-state index in [9.17, 15) is 4.79 Å². The first-order valence-electron chi connectivity index (χ1n) is 12.7. The van der Waals surface area contributed by atoms with Crippen LogP contribution in [0.4, 0.5) is 0 Å². The Morgan fingerprint density at radius 1 is 1.18 bits per heavy atom. The summed E-state index contributed by atoms with van der Waals surface area (Å²) in [6.45, 7) is 2.90. The van der Waals surface area contributed by atoms with Gasteiger partial charge in [-0.2, -0.15) is 0 Å². The van der Waals surface area contributed by atoms with Crippen molar-refractivity contribution < 1.29 is 14.1 Å². The van der Waals surface area contributed by atoms with Crippen LogP contribution in [0.15, 0.2) is 34.9 Å². The summed E-state index contributed by atoms with van der Waals surface area (Å²) in [7, 11) is 1.71. The summed E-state index contributed by atoms with van der Waals surface area (Å²) in [5.74, 6) is 3.92. The molecule has 2 heterocycles. The second kappa shape index (κ2) is 8.46. The largest absolute Gasteiger partial charge is 0.497 e. The monoisotopic (exact) mass is 449 g/mol. The summed E-state index contributed by atoms with van der Waals surface area (Å²) in [6, 6.07) is 10.2. The molecule has 33 heavy (non-hydrogen) atoms. The molecule has 1 amide bonds. The molecule has 4 bridgehead atoms. The van der Waals surface area contributed by atoms with Crippen molar-refractivity contribution >= 4 is 5.91 Å². The number of carbonyl (C=O) groups excluding carboxylic acids is 1. The van der Waals surface area contributed by atoms with E-state index in [1.165, 1.54) is 24.8 Å². The fourth-order valence-electron chi connectivity index (χ4n) is 7.62. The number of nitrogens with one attached hydrogen (secondary N) is 1. The molecule has 5 fully saturated rings. The van der Waals surface area contributed by atoms with Crippen molar-refractivity contribution in [3.05, 3.63) is 47.3 Å². The highest BCUT2D eigenvalue weighted by atomic mass is 16.5. The number of piperidine rings is 1. The highest BCUT2D eigenvalue weighted by Gasteiger charge is 2.51. The maximum Gasteiger partial charge on any atom is 0.290 e. The van der Waals surface area contributed by atoms with Gasteiger partial charge in [0.1, 0.15) is 5.75 Å². The Morgan fingerprint density at radius 2 is 1.94 bits per heavy atom. The predicted octanol–water partition coefficient (Wildman–Crippen LogP) is 4.76. The minimum absolute atomic E-state index is 0.00281. The number of carbonyl (C=O) groups is 1. The van der Waals surface area contributed by atoms with Crippen molar-refractivity contribution in [3.63, 3.8) is 0 Å². The normalized spacial score (nSPS) is 33.2. The molecule has 1 aromatic heterocycles. The molecule has 4 saturated carbocycles. The topological polar surface area (TPSA) is 67.6 Å². The lowest BCUT2D eigenvalue weighted by Gasteiger charge is -2.56. The molecule has 2 aromatic rings. The number of rotatable bonds is 6. The van der Waals surface area contributed by atoms with Crippen LogP contribution >= 0.6 is 0 Å². The molecule has 1 atom stereocenters. The molecule has 6 heteroatoms. The number of benzene rings is 1. The van der Waals surface area contributed by atoms with E-state index in [0.717, 1.165) is 80.9 Å². The van der Waals surface area contributed by atoms with Crippen LogP contribution in [0.2, 0.25) is 0 Å². The zero-order valence-electron chi connectivity index (χ0n) is 19.6. The van der Waals surface area contributed by atoms with E-state index in [1.807, 2.05) is 18.2 Å². The molecule has 176 valence electrons. The van der Waals surface area contributed by atoms with Crippen LogP contribution in [0.1, 0.15) is 79.1 Å². The minimum atomic E-state index is -0.0697. The Morgan fingerprint density at radius 3 is 2.67 bits per heavy atom. The van der Waals surface area contributed by atoms with Gasteiger partial charge in [-0.05, 0) is 93.4 Å². The van der Waals surface area contributed by atoms with Crippen molar-refractivity contribution in [2.45, 2.75) is 69.4 Å². The average Bonchev–Trinajstić information content (AvgIpc) is 3.29. The van der Waals surface area contributed by atoms with Crippen LogP contribution in [0.5, 0.6) is 5.75 Å². The molecule has 5 aliphatic rings. The Hall–Kier alpha value is -2.34. The zero-order valence-corrected chi connectivity index (χ0v) is 19.6. The summed E-state index contributed by atoms with van der Waals surface area (Å²) in [4.78, 5) is 15.6. The van der Waals surface area contributed by atoms with Gasteiger partial charge in [-0.1, -0.05) is 17.3 Å². The number of methoxy groups -OCH3 is 1. The van der Waals surface area contributed by atoms with E-state index in [4.69, 9.17) is 9.26 Å². The second-order valence-electron chi connectivity index (χ2n) is 11.2. The van der Waals surface area contributed by atoms with E-state index in [2.05, 4.69) is 27.5 Å². The number of hydrogen-bond acceptors (Lipinski definition) is 5. The summed E-state index contributed by atoms with van der Waals surface area (Å²) in [5.41, 5.74) is 2.17. The van der Waals surface area contributed by atoms with Gasteiger partial charge in [0.2, 0.25) is 5.76 Å².